The van der Waals surface area contributed by atoms with Gasteiger partial charge in [-0.15, -0.1) is 0 Å². The lowest BCUT2D eigenvalue weighted by molar-refractivity contribution is 0.520. The van der Waals surface area contributed by atoms with Gasteiger partial charge in [0.1, 0.15) is 0 Å². The van der Waals surface area contributed by atoms with Gasteiger partial charge >= 0.3 is 0 Å². The Bertz CT molecular complexity index is 935. The van der Waals surface area contributed by atoms with Crippen LogP contribution < -0.4 is 4.72 Å². The average molecular weight is 383 g/mol. The molecule has 0 bridgehead atoms. The van der Waals surface area contributed by atoms with Crippen molar-refractivity contribution >= 4 is 25.7 Å². The molecule has 0 aliphatic carbocycles. The molecule has 0 aliphatic rings. The van der Waals surface area contributed by atoms with E-state index in [1.807, 2.05) is 19.1 Å². The summed E-state index contributed by atoms with van der Waals surface area (Å²) in [4.78, 5) is 0.183. The van der Waals surface area contributed by atoms with Crippen LogP contribution in [0.15, 0.2) is 53.4 Å². The highest BCUT2D eigenvalue weighted by Crippen LogP contribution is 2.17. The summed E-state index contributed by atoms with van der Waals surface area (Å²) in [5.74, 6) is -0.0822. The lowest BCUT2D eigenvalue weighted by atomic mass is 10.2. The molecule has 0 unspecified atom stereocenters. The largest absolute Gasteiger partial charge is 0.283 e. The van der Waals surface area contributed by atoms with Crippen molar-refractivity contribution < 1.29 is 16.8 Å². The predicted octanol–water partition coefficient (Wildman–Crippen LogP) is 2.23. The maximum atomic E-state index is 12.2. The minimum Gasteiger partial charge on any atom is -0.283 e. The Morgan fingerprint density at radius 3 is 2.08 bits per heavy atom. The molecule has 8 heteroatoms. The monoisotopic (exact) mass is 382 g/mol. The standard InChI is InChI=1S/C17H22N2O4S2/c1-14-6-4-5-7-17(14)18-24(20,21)13-12-15-8-10-16(11-9-15)25(22,23)19(2)3/h4-11,18H,12-13H2,1-3H3. The first-order valence-corrected chi connectivity index (χ1v) is 10.8. The third-order valence-corrected chi connectivity index (χ3v) is 6.87. The fourth-order valence-electron chi connectivity index (χ4n) is 2.20. The van der Waals surface area contributed by atoms with Crippen molar-refractivity contribution in [3.63, 3.8) is 0 Å². The Balaban J connectivity index is 2.05. The molecular weight excluding hydrogens is 360 g/mol. The number of anilines is 1. The number of para-hydroxylation sites is 1. The topological polar surface area (TPSA) is 83.5 Å². The number of nitrogens with zero attached hydrogens (tertiary/aromatic N) is 1. The van der Waals surface area contributed by atoms with E-state index < -0.39 is 20.0 Å². The first kappa shape index (κ1) is 19.4. The van der Waals surface area contributed by atoms with Crippen LogP contribution in [0.3, 0.4) is 0 Å². The van der Waals surface area contributed by atoms with E-state index in [0.717, 1.165) is 15.4 Å². The van der Waals surface area contributed by atoms with Gasteiger partial charge in [-0.25, -0.2) is 21.1 Å². The molecule has 0 heterocycles. The molecule has 1 N–H and O–H groups in total. The van der Waals surface area contributed by atoms with Crippen LogP contribution in [-0.4, -0.2) is 41.0 Å². The molecule has 2 rings (SSSR count). The summed E-state index contributed by atoms with van der Waals surface area (Å²) >= 11 is 0. The van der Waals surface area contributed by atoms with E-state index in [1.165, 1.54) is 26.2 Å². The molecule has 0 amide bonds. The quantitative estimate of drug-likeness (QED) is 0.796. The Kier molecular flexibility index (Phi) is 5.87. The van der Waals surface area contributed by atoms with Crippen molar-refractivity contribution in [2.45, 2.75) is 18.2 Å². The number of sulfonamides is 2. The van der Waals surface area contributed by atoms with Crippen LogP contribution in [0.1, 0.15) is 11.1 Å². The number of hydrogen-bond acceptors (Lipinski definition) is 4. The third kappa shape index (κ3) is 5.04. The number of hydrogen-bond donors (Lipinski definition) is 1. The molecule has 0 aliphatic heterocycles. The lowest BCUT2D eigenvalue weighted by Crippen LogP contribution is -2.22. The first-order chi connectivity index (χ1) is 11.6. The molecule has 25 heavy (non-hydrogen) atoms. The second-order valence-electron chi connectivity index (χ2n) is 5.92. The van der Waals surface area contributed by atoms with Crippen LogP contribution in [0.5, 0.6) is 0 Å². The summed E-state index contributed by atoms with van der Waals surface area (Å²) in [6.45, 7) is 1.84. The van der Waals surface area contributed by atoms with Gasteiger partial charge in [0.05, 0.1) is 16.3 Å². The van der Waals surface area contributed by atoms with Crippen LogP contribution in [0.2, 0.25) is 0 Å². The zero-order valence-electron chi connectivity index (χ0n) is 14.4. The van der Waals surface area contributed by atoms with E-state index in [0.29, 0.717) is 12.1 Å². The summed E-state index contributed by atoms with van der Waals surface area (Å²) in [7, 11) is -4.03. The highest BCUT2D eigenvalue weighted by Gasteiger charge is 2.17. The molecule has 0 spiro atoms. The highest BCUT2D eigenvalue weighted by molar-refractivity contribution is 7.92. The summed E-state index contributed by atoms with van der Waals surface area (Å²) in [6.07, 6.45) is 0.295. The normalized spacial score (nSPS) is 12.3. The van der Waals surface area contributed by atoms with Crippen molar-refractivity contribution in [1.82, 2.24) is 4.31 Å². The Hall–Kier alpha value is -1.90. The molecule has 0 atom stereocenters. The van der Waals surface area contributed by atoms with Crippen LogP contribution in [0.4, 0.5) is 5.69 Å². The number of benzene rings is 2. The lowest BCUT2D eigenvalue weighted by Gasteiger charge is -2.12. The van der Waals surface area contributed by atoms with E-state index in [-0.39, 0.29) is 10.6 Å². The summed E-state index contributed by atoms with van der Waals surface area (Å²) < 4.78 is 52.2. The SMILES string of the molecule is Cc1ccccc1NS(=O)(=O)CCc1ccc(S(=O)(=O)N(C)C)cc1. The fourth-order valence-corrected chi connectivity index (χ4v) is 4.27. The third-order valence-electron chi connectivity index (χ3n) is 3.77. The summed E-state index contributed by atoms with van der Waals surface area (Å²) in [5, 5.41) is 0. The van der Waals surface area contributed by atoms with Crippen molar-refractivity contribution in [3.8, 4) is 0 Å². The molecule has 136 valence electrons. The molecule has 0 fully saturated rings. The maximum absolute atomic E-state index is 12.2. The molecule has 0 saturated carbocycles. The van der Waals surface area contributed by atoms with Crippen LogP contribution in [0.25, 0.3) is 0 Å². The molecule has 2 aromatic carbocycles. The minimum absolute atomic E-state index is 0.0822. The predicted molar refractivity (Wildman–Crippen MR) is 99.6 cm³/mol. The number of nitrogens with one attached hydrogen (secondary N) is 1. The number of rotatable bonds is 7. The van der Waals surface area contributed by atoms with Gasteiger partial charge in [0.2, 0.25) is 20.0 Å². The average Bonchev–Trinajstić information content (AvgIpc) is 2.55. The maximum Gasteiger partial charge on any atom is 0.242 e. The van der Waals surface area contributed by atoms with Gasteiger partial charge in [-0.2, -0.15) is 0 Å². The van der Waals surface area contributed by atoms with E-state index in [9.17, 15) is 16.8 Å². The Labute approximate surface area is 149 Å². The van der Waals surface area contributed by atoms with Crippen molar-refractivity contribution in [3.05, 3.63) is 59.7 Å². The second kappa shape index (κ2) is 7.55. The van der Waals surface area contributed by atoms with Gasteiger partial charge < -0.3 is 0 Å². The van der Waals surface area contributed by atoms with Crippen molar-refractivity contribution in [1.29, 1.82) is 0 Å². The van der Waals surface area contributed by atoms with Gasteiger partial charge in [0, 0.05) is 14.1 Å². The van der Waals surface area contributed by atoms with Gasteiger partial charge in [-0.3, -0.25) is 4.72 Å². The molecular formula is C17H22N2O4S2. The van der Waals surface area contributed by atoms with Crippen LogP contribution >= 0.6 is 0 Å². The number of aryl methyl sites for hydroxylation is 2. The van der Waals surface area contributed by atoms with E-state index in [4.69, 9.17) is 0 Å². The Morgan fingerprint density at radius 1 is 0.920 bits per heavy atom. The van der Waals surface area contributed by atoms with Gasteiger partial charge in [-0.1, -0.05) is 30.3 Å². The minimum atomic E-state index is -3.48. The second-order valence-corrected chi connectivity index (χ2v) is 9.91. The summed E-state index contributed by atoms with van der Waals surface area (Å²) in [5.41, 5.74) is 2.17. The van der Waals surface area contributed by atoms with Gasteiger partial charge in [-0.05, 0) is 42.7 Å². The fraction of sp³-hybridized carbons (Fsp3) is 0.294. The first-order valence-electron chi connectivity index (χ1n) is 7.69. The molecule has 0 aromatic heterocycles. The zero-order chi connectivity index (χ0) is 18.7. The van der Waals surface area contributed by atoms with Crippen molar-refractivity contribution in [2.24, 2.45) is 0 Å². The Morgan fingerprint density at radius 2 is 1.52 bits per heavy atom. The van der Waals surface area contributed by atoms with Gasteiger partial charge in [0.15, 0.2) is 0 Å². The van der Waals surface area contributed by atoms with E-state index in [2.05, 4.69) is 4.72 Å². The van der Waals surface area contributed by atoms with Crippen LogP contribution in [0, 0.1) is 6.92 Å². The van der Waals surface area contributed by atoms with Crippen LogP contribution in [-0.2, 0) is 26.5 Å². The van der Waals surface area contributed by atoms with E-state index >= 15 is 0 Å². The zero-order valence-corrected chi connectivity index (χ0v) is 16.1. The van der Waals surface area contributed by atoms with Gasteiger partial charge in [0.25, 0.3) is 0 Å². The molecule has 0 radical (unpaired) electrons. The molecule has 6 nitrogen and oxygen atoms in total. The summed E-state index contributed by atoms with van der Waals surface area (Å²) in [6, 6.07) is 13.4. The molecule has 0 saturated heterocycles. The molecule has 2 aromatic rings. The smallest absolute Gasteiger partial charge is 0.242 e. The highest BCUT2D eigenvalue weighted by atomic mass is 32.2. The van der Waals surface area contributed by atoms with E-state index in [1.54, 1.807) is 24.3 Å². The van der Waals surface area contributed by atoms with Crippen molar-refractivity contribution in [2.75, 3.05) is 24.6 Å².